The molecular weight excluding hydrogens is 411 g/mol. The fourth-order valence-electron chi connectivity index (χ4n) is 3.82. The molecule has 1 amide bonds. The van der Waals surface area contributed by atoms with Gasteiger partial charge in [0.05, 0.1) is 19.9 Å². The Morgan fingerprint density at radius 1 is 1.00 bits per heavy atom. The van der Waals surface area contributed by atoms with Crippen molar-refractivity contribution in [2.45, 2.75) is 18.9 Å². The van der Waals surface area contributed by atoms with Crippen LogP contribution in [0.1, 0.15) is 23.2 Å². The summed E-state index contributed by atoms with van der Waals surface area (Å²) in [7, 11) is 3.02. The van der Waals surface area contributed by atoms with E-state index < -0.39 is 5.82 Å². The average molecular weight is 436 g/mol. The quantitative estimate of drug-likeness (QED) is 0.635. The van der Waals surface area contributed by atoms with Crippen molar-refractivity contribution < 1.29 is 18.7 Å². The first kappa shape index (κ1) is 21.5. The Morgan fingerprint density at radius 3 is 2.41 bits per heavy atom. The number of benzene rings is 2. The maximum atomic E-state index is 13.9. The van der Waals surface area contributed by atoms with E-state index in [4.69, 9.17) is 9.47 Å². The molecule has 4 rings (SSSR count). The van der Waals surface area contributed by atoms with Crippen LogP contribution in [0.5, 0.6) is 11.5 Å². The maximum absolute atomic E-state index is 13.9. The van der Waals surface area contributed by atoms with E-state index >= 15 is 0 Å². The lowest BCUT2D eigenvalue weighted by atomic mass is 10.0. The fraction of sp³-hybridized carbons (Fsp3) is 0.292. The van der Waals surface area contributed by atoms with E-state index in [-0.39, 0.29) is 23.3 Å². The van der Waals surface area contributed by atoms with E-state index in [1.54, 1.807) is 13.2 Å². The molecule has 0 atom stereocenters. The van der Waals surface area contributed by atoms with Crippen molar-refractivity contribution in [1.82, 2.24) is 15.5 Å². The molecule has 0 aliphatic carbocycles. The topological polar surface area (TPSA) is 76.6 Å². The van der Waals surface area contributed by atoms with Gasteiger partial charge < -0.3 is 19.7 Å². The lowest BCUT2D eigenvalue weighted by Gasteiger charge is -2.32. The van der Waals surface area contributed by atoms with Crippen LogP contribution in [0.3, 0.4) is 0 Å². The second kappa shape index (κ2) is 9.64. The molecule has 32 heavy (non-hydrogen) atoms. The average Bonchev–Trinajstić information content (AvgIpc) is 2.84. The summed E-state index contributed by atoms with van der Waals surface area (Å²) in [5, 5.41) is 11.8. The predicted molar refractivity (Wildman–Crippen MR) is 120 cm³/mol. The monoisotopic (exact) mass is 436 g/mol. The summed E-state index contributed by atoms with van der Waals surface area (Å²) < 4.78 is 24.2. The Labute approximate surface area is 186 Å². The minimum absolute atomic E-state index is 0.0183. The second-order valence-electron chi connectivity index (χ2n) is 7.56. The van der Waals surface area contributed by atoms with Crippen LogP contribution >= 0.6 is 0 Å². The highest BCUT2D eigenvalue weighted by Crippen LogP contribution is 2.28. The lowest BCUT2D eigenvalue weighted by Crippen LogP contribution is -2.45. The first-order chi connectivity index (χ1) is 15.6. The third-order valence-electron chi connectivity index (χ3n) is 5.60. The van der Waals surface area contributed by atoms with Gasteiger partial charge in [0.15, 0.2) is 17.4 Å². The van der Waals surface area contributed by atoms with Gasteiger partial charge in [-0.3, -0.25) is 4.79 Å². The molecule has 7 nitrogen and oxygen atoms in total. The Bertz CT molecular complexity index is 1080. The molecule has 3 aromatic rings. The molecule has 0 saturated carbocycles. The van der Waals surface area contributed by atoms with Crippen LogP contribution in [0.2, 0.25) is 0 Å². The van der Waals surface area contributed by atoms with Crippen LogP contribution in [0.4, 0.5) is 10.2 Å². The number of hydrogen-bond donors (Lipinski definition) is 1. The molecule has 0 spiro atoms. The lowest BCUT2D eigenvalue weighted by molar-refractivity contribution is 0.0930. The molecule has 2 heterocycles. The van der Waals surface area contributed by atoms with Gasteiger partial charge in [0.25, 0.3) is 5.91 Å². The van der Waals surface area contributed by atoms with Crippen molar-refractivity contribution in [2.75, 3.05) is 32.2 Å². The number of rotatable bonds is 6. The Kier molecular flexibility index (Phi) is 6.49. The zero-order chi connectivity index (χ0) is 22.5. The summed E-state index contributed by atoms with van der Waals surface area (Å²) in [5.41, 5.74) is 1.93. The van der Waals surface area contributed by atoms with Crippen LogP contribution < -0.4 is 19.7 Å². The summed E-state index contributed by atoms with van der Waals surface area (Å²) in [5.74, 6) is 0.831. The SMILES string of the molecule is COc1ccc(C(=O)NC2CCN(c3ccc(-c4ccccc4OC)nn3)CC2)cc1F. The summed E-state index contributed by atoms with van der Waals surface area (Å²) in [6, 6.07) is 15.8. The molecule has 1 fully saturated rings. The van der Waals surface area contributed by atoms with Crippen LogP contribution in [-0.2, 0) is 0 Å². The van der Waals surface area contributed by atoms with Gasteiger partial charge in [-0.05, 0) is 55.3 Å². The molecule has 0 bridgehead atoms. The smallest absolute Gasteiger partial charge is 0.251 e. The molecule has 1 saturated heterocycles. The van der Waals surface area contributed by atoms with Crippen LogP contribution in [0.25, 0.3) is 11.3 Å². The number of anilines is 1. The number of ether oxygens (including phenoxy) is 2. The van der Waals surface area contributed by atoms with Crippen molar-refractivity contribution in [2.24, 2.45) is 0 Å². The van der Waals surface area contributed by atoms with E-state index in [9.17, 15) is 9.18 Å². The summed E-state index contributed by atoms with van der Waals surface area (Å²) in [6.07, 6.45) is 1.53. The van der Waals surface area contributed by atoms with Gasteiger partial charge in [0.2, 0.25) is 0 Å². The number of piperidine rings is 1. The minimum atomic E-state index is -0.551. The van der Waals surface area contributed by atoms with Gasteiger partial charge >= 0.3 is 0 Å². The molecule has 0 unspecified atom stereocenters. The van der Waals surface area contributed by atoms with E-state index in [0.29, 0.717) is 0 Å². The minimum Gasteiger partial charge on any atom is -0.496 e. The van der Waals surface area contributed by atoms with Crippen molar-refractivity contribution in [1.29, 1.82) is 0 Å². The van der Waals surface area contributed by atoms with Gasteiger partial charge in [-0.15, -0.1) is 10.2 Å². The van der Waals surface area contributed by atoms with Gasteiger partial charge in [-0.1, -0.05) is 12.1 Å². The highest BCUT2D eigenvalue weighted by atomic mass is 19.1. The number of nitrogens with one attached hydrogen (secondary N) is 1. The standard InChI is InChI=1S/C24H25FN4O3/c1-31-21-6-4-3-5-18(21)20-8-10-23(28-27-20)29-13-11-17(12-14-29)26-24(30)16-7-9-22(32-2)19(25)15-16/h3-10,15,17H,11-14H2,1-2H3,(H,26,30). The Morgan fingerprint density at radius 2 is 1.75 bits per heavy atom. The number of para-hydroxylation sites is 1. The van der Waals surface area contributed by atoms with E-state index in [1.165, 1.54) is 19.2 Å². The van der Waals surface area contributed by atoms with Crippen molar-refractivity contribution in [3.63, 3.8) is 0 Å². The number of carbonyl (C=O) groups excluding carboxylic acids is 1. The summed E-state index contributed by atoms with van der Waals surface area (Å²) in [6.45, 7) is 1.48. The molecule has 8 heteroatoms. The van der Waals surface area contributed by atoms with Crippen LogP contribution in [0, 0.1) is 5.82 Å². The number of carbonyl (C=O) groups is 1. The zero-order valence-electron chi connectivity index (χ0n) is 18.0. The van der Waals surface area contributed by atoms with Crippen LogP contribution in [0.15, 0.2) is 54.6 Å². The third-order valence-corrected chi connectivity index (χ3v) is 5.60. The molecule has 1 aromatic heterocycles. The Balaban J connectivity index is 1.34. The third kappa shape index (κ3) is 4.64. The molecule has 166 valence electrons. The number of aromatic nitrogens is 2. The Hall–Kier alpha value is -3.68. The molecule has 1 N–H and O–H groups in total. The molecule has 1 aliphatic rings. The van der Waals surface area contributed by atoms with Gasteiger partial charge in [-0.25, -0.2) is 4.39 Å². The largest absolute Gasteiger partial charge is 0.496 e. The van der Waals surface area contributed by atoms with Crippen molar-refractivity contribution >= 4 is 11.7 Å². The molecule has 2 aromatic carbocycles. The number of methoxy groups -OCH3 is 2. The maximum Gasteiger partial charge on any atom is 0.251 e. The van der Waals surface area contributed by atoms with Gasteiger partial charge in [-0.2, -0.15) is 0 Å². The summed E-state index contributed by atoms with van der Waals surface area (Å²) in [4.78, 5) is 14.6. The highest BCUT2D eigenvalue weighted by molar-refractivity contribution is 5.94. The van der Waals surface area contributed by atoms with E-state index in [2.05, 4.69) is 20.4 Å². The van der Waals surface area contributed by atoms with Crippen LogP contribution in [-0.4, -0.2) is 49.5 Å². The van der Waals surface area contributed by atoms with E-state index in [0.717, 1.165) is 48.8 Å². The van der Waals surface area contributed by atoms with E-state index in [1.807, 2.05) is 36.4 Å². The summed E-state index contributed by atoms with van der Waals surface area (Å²) >= 11 is 0. The number of nitrogens with zero attached hydrogens (tertiary/aromatic N) is 3. The van der Waals surface area contributed by atoms with Crippen molar-refractivity contribution in [3.05, 3.63) is 66.0 Å². The predicted octanol–water partition coefficient (Wildman–Crippen LogP) is 3.70. The highest BCUT2D eigenvalue weighted by Gasteiger charge is 2.23. The van der Waals surface area contributed by atoms with Crippen molar-refractivity contribution in [3.8, 4) is 22.8 Å². The first-order valence-electron chi connectivity index (χ1n) is 10.5. The van der Waals surface area contributed by atoms with Gasteiger partial charge in [0.1, 0.15) is 5.75 Å². The zero-order valence-corrected chi connectivity index (χ0v) is 18.0. The first-order valence-corrected chi connectivity index (χ1v) is 10.5. The fourth-order valence-corrected chi connectivity index (χ4v) is 3.82. The molecule has 0 radical (unpaired) electrons. The number of hydrogen-bond acceptors (Lipinski definition) is 6. The second-order valence-corrected chi connectivity index (χ2v) is 7.56. The number of halogens is 1. The molecular formula is C24H25FN4O3. The van der Waals surface area contributed by atoms with Gasteiger partial charge in [0, 0.05) is 30.3 Å². The molecule has 1 aliphatic heterocycles. The number of amides is 1. The normalized spacial score (nSPS) is 14.2.